The average Bonchev–Trinajstić information content (AvgIpc) is 3.14. The van der Waals surface area contributed by atoms with E-state index in [0.29, 0.717) is 10.0 Å². The number of nitrogens with one attached hydrogen (secondary N) is 1. The summed E-state index contributed by atoms with van der Waals surface area (Å²) in [6, 6.07) is 11.4. The van der Waals surface area contributed by atoms with Crippen molar-refractivity contribution in [2.45, 2.75) is 12.9 Å². The van der Waals surface area contributed by atoms with Crippen LogP contribution in [0, 0.1) is 0 Å². The SMILES string of the molecule is O=C(NCc1ccc(Br)cc1OC(F)(F)F)c1ccc(-c2cccs2)nc1. The van der Waals surface area contributed by atoms with E-state index in [-0.39, 0.29) is 17.9 Å². The van der Waals surface area contributed by atoms with Gasteiger partial charge in [-0.25, -0.2) is 0 Å². The van der Waals surface area contributed by atoms with Crippen molar-refractivity contribution in [3.8, 4) is 16.3 Å². The lowest BCUT2D eigenvalue weighted by molar-refractivity contribution is -0.274. The van der Waals surface area contributed by atoms with Crippen molar-refractivity contribution in [2.75, 3.05) is 0 Å². The molecule has 1 N–H and O–H groups in total. The number of thiophene rings is 1. The van der Waals surface area contributed by atoms with Crippen LogP contribution in [-0.2, 0) is 6.54 Å². The van der Waals surface area contributed by atoms with E-state index in [1.807, 2.05) is 17.5 Å². The fourth-order valence-corrected chi connectivity index (χ4v) is 3.31. The number of alkyl halides is 3. The molecule has 0 saturated carbocycles. The van der Waals surface area contributed by atoms with Crippen LogP contribution >= 0.6 is 27.3 Å². The van der Waals surface area contributed by atoms with Crippen LogP contribution in [0.5, 0.6) is 5.75 Å². The predicted molar refractivity (Wildman–Crippen MR) is 99.5 cm³/mol. The minimum absolute atomic E-state index is 0.121. The van der Waals surface area contributed by atoms with E-state index < -0.39 is 12.3 Å². The number of benzene rings is 1. The molecule has 0 atom stereocenters. The molecular formula is C18H12BrF3N2O2S. The van der Waals surface area contributed by atoms with Gasteiger partial charge in [-0.15, -0.1) is 24.5 Å². The van der Waals surface area contributed by atoms with Crippen LogP contribution in [0.4, 0.5) is 13.2 Å². The summed E-state index contributed by atoms with van der Waals surface area (Å²) in [6.45, 7) is -0.121. The molecule has 0 fully saturated rings. The normalized spacial score (nSPS) is 11.3. The lowest BCUT2D eigenvalue weighted by Crippen LogP contribution is -2.24. The molecule has 0 spiro atoms. The minimum Gasteiger partial charge on any atom is -0.405 e. The highest BCUT2D eigenvalue weighted by molar-refractivity contribution is 9.10. The van der Waals surface area contributed by atoms with Gasteiger partial charge in [-0.2, -0.15) is 0 Å². The third-order valence-corrected chi connectivity index (χ3v) is 4.88. The van der Waals surface area contributed by atoms with E-state index in [9.17, 15) is 18.0 Å². The Morgan fingerprint density at radius 1 is 1.22 bits per heavy atom. The molecule has 0 aliphatic rings. The molecule has 1 aromatic carbocycles. The molecule has 1 amide bonds. The highest BCUT2D eigenvalue weighted by Gasteiger charge is 2.32. The van der Waals surface area contributed by atoms with Crippen LogP contribution in [0.1, 0.15) is 15.9 Å². The molecule has 4 nitrogen and oxygen atoms in total. The first-order valence-corrected chi connectivity index (χ1v) is 9.31. The number of carbonyl (C=O) groups excluding carboxylic acids is 1. The summed E-state index contributed by atoms with van der Waals surface area (Å²) in [4.78, 5) is 17.5. The summed E-state index contributed by atoms with van der Waals surface area (Å²) in [5.74, 6) is -0.815. The maximum atomic E-state index is 12.5. The van der Waals surface area contributed by atoms with Crippen LogP contribution in [-0.4, -0.2) is 17.3 Å². The smallest absolute Gasteiger partial charge is 0.405 e. The van der Waals surface area contributed by atoms with Gasteiger partial charge in [-0.1, -0.05) is 28.1 Å². The monoisotopic (exact) mass is 456 g/mol. The van der Waals surface area contributed by atoms with Gasteiger partial charge in [0.15, 0.2) is 0 Å². The summed E-state index contributed by atoms with van der Waals surface area (Å²) < 4.78 is 42.1. The van der Waals surface area contributed by atoms with Gasteiger partial charge < -0.3 is 10.1 Å². The second kappa shape index (κ2) is 8.10. The van der Waals surface area contributed by atoms with Crippen molar-refractivity contribution in [3.05, 3.63) is 69.6 Å². The van der Waals surface area contributed by atoms with Gasteiger partial charge in [-0.05, 0) is 35.7 Å². The quantitative estimate of drug-likeness (QED) is 0.558. The molecule has 9 heteroatoms. The van der Waals surface area contributed by atoms with Crippen LogP contribution in [0.2, 0.25) is 0 Å². The van der Waals surface area contributed by atoms with Crippen LogP contribution in [0.3, 0.4) is 0 Å². The van der Waals surface area contributed by atoms with E-state index in [1.165, 1.54) is 29.7 Å². The standard InChI is InChI=1S/C18H12BrF3N2O2S/c19-13-5-3-11(15(8-13)26-18(20,21)22)9-24-17(25)12-4-6-14(23-10-12)16-2-1-7-27-16/h1-8,10H,9H2,(H,24,25). The molecule has 140 valence electrons. The number of aromatic nitrogens is 1. The molecule has 2 heterocycles. The molecule has 0 aliphatic heterocycles. The Morgan fingerprint density at radius 3 is 2.67 bits per heavy atom. The highest BCUT2D eigenvalue weighted by Crippen LogP contribution is 2.29. The molecule has 3 rings (SSSR count). The van der Waals surface area contributed by atoms with Crippen LogP contribution in [0.25, 0.3) is 10.6 Å². The van der Waals surface area contributed by atoms with Crippen LogP contribution in [0.15, 0.2) is 58.5 Å². The van der Waals surface area contributed by atoms with Gasteiger partial charge in [0.2, 0.25) is 0 Å². The number of nitrogens with zero attached hydrogens (tertiary/aromatic N) is 1. The number of hydrogen-bond acceptors (Lipinski definition) is 4. The van der Waals surface area contributed by atoms with Crippen LogP contribution < -0.4 is 10.1 Å². The Bertz CT molecular complexity index is 929. The molecule has 2 aromatic heterocycles. The van der Waals surface area contributed by atoms with Gasteiger partial charge in [0, 0.05) is 22.8 Å². The maximum Gasteiger partial charge on any atom is 0.573 e. The van der Waals surface area contributed by atoms with Gasteiger partial charge in [0.1, 0.15) is 5.75 Å². The first kappa shape index (κ1) is 19.4. The van der Waals surface area contributed by atoms with Crippen molar-refractivity contribution >= 4 is 33.2 Å². The number of pyridine rings is 1. The summed E-state index contributed by atoms with van der Waals surface area (Å²) in [5.41, 5.74) is 1.26. The second-order valence-electron chi connectivity index (χ2n) is 5.39. The molecule has 0 saturated heterocycles. The Hall–Kier alpha value is -2.39. The van der Waals surface area contributed by atoms with E-state index in [0.717, 1.165) is 10.6 Å². The van der Waals surface area contributed by atoms with Crippen molar-refractivity contribution in [2.24, 2.45) is 0 Å². The Morgan fingerprint density at radius 2 is 2.04 bits per heavy atom. The van der Waals surface area contributed by atoms with Gasteiger partial charge in [-0.3, -0.25) is 9.78 Å². The number of hydrogen-bond donors (Lipinski definition) is 1. The molecule has 0 unspecified atom stereocenters. The fraction of sp³-hybridized carbons (Fsp3) is 0.111. The Balaban J connectivity index is 1.69. The zero-order chi connectivity index (χ0) is 19.4. The number of halogens is 4. The zero-order valence-corrected chi connectivity index (χ0v) is 16.0. The third-order valence-electron chi connectivity index (χ3n) is 3.49. The molecular weight excluding hydrogens is 445 g/mol. The second-order valence-corrected chi connectivity index (χ2v) is 7.26. The molecule has 3 aromatic rings. The first-order chi connectivity index (χ1) is 12.8. The number of rotatable bonds is 5. The average molecular weight is 457 g/mol. The largest absolute Gasteiger partial charge is 0.573 e. The van der Waals surface area contributed by atoms with E-state index in [4.69, 9.17) is 0 Å². The predicted octanol–water partition coefficient (Wildman–Crippen LogP) is 5.40. The molecule has 0 bridgehead atoms. The maximum absolute atomic E-state index is 12.5. The van der Waals surface area contributed by atoms with Crippen molar-refractivity contribution in [1.82, 2.24) is 10.3 Å². The lowest BCUT2D eigenvalue weighted by atomic mass is 10.2. The van der Waals surface area contributed by atoms with Gasteiger partial charge in [0.05, 0.1) is 16.1 Å². The summed E-state index contributed by atoms with van der Waals surface area (Å²) in [6.07, 6.45) is -3.39. The topological polar surface area (TPSA) is 51.2 Å². The molecule has 0 aliphatic carbocycles. The third kappa shape index (κ3) is 5.30. The number of amides is 1. The number of carbonyl (C=O) groups is 1. The highest BCUT2D eigenvalue weighted by atomic mass is 79.9. The number of ether oxygens (including phenoxy) is 1. The fourth-order valence-electron chi connectivity index (χ4n) is 2.27. The van der Waals surface area contributed by atoms with Gasteiger partial charge >= 0.3 is 6.36 Å². The van der Waals surface area contributed by atoms with Crippen molar-refractivity contribution < 1.29 is 22.7 Å². The first-order valence-electron chi connectivity index (χ1n) is 7.64. The Labute approximate surface area is 165 Å². The van der Waals surface area contributed by atoms with Crippen molar-refractivity contribution in [3.63, 3.8) is 0 Å². The van der Waals surface area contributed by atoms with E-state index in [1.54, 1.807) is 18.2 Å². The van der Waals surface area contributed by atoms with E-state index in [2.05, 4.69) is 31.0 Å². The van der Waals surface area contributed by atoms with E-state index >= 15 is 0 Å². The minimum atomic E-state index is -4.82. The van der Waals surface area contributed by atoms with Gasteiger partial charge in [0.25, 0.3) is 5.91 Å². The summed E-state index contributed by atoms with van der Waals surface area (Å²) in [5, 5.41) is 4.50. The molecule has 0 radical (unpaired) electrons. The van der Waals surface area contributed by atoms with Crippen molar-refractivity contribution in [1.29, 1.82) is 0 Å². The Kier molecular flexibility index (Phi) is 5.81. The molecule has 27 heavy (non-hydrogen) atoms. The lowest BCUT2D eigenvalue weighted by Gasteiger charge is -2.14. The zero-order valence-electron chi connectivity index (χ0n) is 13.6. The summed E-state index contributed by atoms with van der Waals surface area (Å²) >= 11 is 4.63. The summed E-state index contributed by atoms with van der Waals surface area (Å²) in [7, 11) is 0.